The predicted molar refractivity (Wildman–Crippen MR) is 130 cm³/mol. The maximum absolute atomic E-state index is 5.97. The van der Waals surface area contributed by atoms with Crippen molar-refractivity contribution >= 4 is 22.1 Å². The van der Waals surface area contributed by atoms with Crippen LogP contribution in [-0.2, 0) is 5.41 Å². The Bertz CT molecular complexity index is 1490. The first-order valence-corrected chi connectivity index (χ1v) is 11.1. The van der Waals surface area contributed by atoms with E-state index >= 15 is 0 Å². The van der Waals surface area contributed by atoms with E-state index in [4.69, 9.17) is 10.7 Å². The molecule has 4 N–H and O–H groups in total. The Morgan fingerprint density at radius 2 is 1.94 bits per heavy atom. The number of fused-ring (bicyclic) bond motifs is 2. The first kappa shape index (κ1) is 19.6. The number of hydrogen-bond donors (Lipinski definition) is 3. The van der Waals surface area contributed by atoms with Crippen molar-refractivity contribution in [1.82, 2.24) is 30.1 Å². The van der Waals surface area contributed by atoms with Gasteiger partial charge in [0.25, 0.3) is 0 Å². The molecule has 0 amide bonds. The molecule has 0 fully saturated rings. The fourth-order valence-corrected chi connectivity index (χ4v) is 4.65. The van der Waals surface area contributed by atoms with E-state index in [-0.39, 0.29) is 5.41 Å². The SMILES string of the molecule is NCCC1(c2cncc(-c3cnc4n[nH]c(-c5nc6ccccc6[nH]5)c4c3)c2)C=CC=CC1. The third-order valence-electron chi connectivity index (χ3n) is 6.42. The Morgan fingerprint density at radius 1 is 1.03 bits per heavy atom. The molecule has 1 unspecified atom stereocenters. The number of nitrogens with zero attached hydrogens (tertiary/aromatic N) is 4. The summed E-state index contributed by atoms with van der Waals surface area (Å²) >= 11 is 0. The van der Waals surface area contributed by atoms with E-state index in [9.17, 15) is 0 Å². The Kier molecular flexibility index (Phi) is 4.62. The van der Waals surface area contributed by atoms with E-state index in [1.165, 1.54) is 0 Å². The topological polar surface area (TPSA) is 109 Å². The standard InChI is InChI=1S/C26H23N7/c27-11-10-26(8-4-1-5-9-26)19-12-17(14-28-16-19)18-13-20-23(32-33-24(20)29-15-18)25-30-21-6-2-3-7-22(21)31-25/h1-8,12-16H,9-11,27H2,(H,30,31)(H,29,32,33). The molecule has 0 spiro atoms. The van der Waals surface area contributed by atoms with Gasteiger partial charge in [-0.1, -0.05) is 36.4 Å². The van der Waals surface area contributed by atoms with E-state index in [0.29, 0.717) is 12.2 Å². The highest BCUT2D eigenvalue weighted by molar-refractivity contribution is 5.93. The molecule has 4 heterocycles. The summed E-state index contributed by atoms with van der Waals surface area (Å²) in [6, 6.07) is 12.3. The molecule has 1 atom stereocenters. The van der Waals surface area contributed by atoms with E-state index in [1.807, 2.05) is 42.9 Å². The molecule has 7 nitrogen and oxygen atoms in total. The van der Waals surface area contributed by atoms with Crippen LogP contribution in [0.15, 0.2) is 79.3 Å². The van der Waals surface area contributed by atoms with Crippen LogP contribution < -0.4 is 5.73 Å². The van der Waals surface area contributed by atoms with Crippen LogP contribution in [0.2, 0.25) is 0 Å². The highest BCUT2D eigenvalue weighted by Gasteiger charge is 2.29. The fraction of sp³-hybridized carbons (Fsp3) is 0.154. The van der Waals surface area contributed by atoms with Crippen molar-refractivity contribution < 1.29 is 0 Å². The summed E-state index contributed by atoms with van der Waals surface area (Å²) in [6.45, 7) is 0.617. The number of aromatic amines is 2. The molecule has 6 rings (SSSR count). The number of benzene rings is 1. The number of H-pyrrole nitrogens is 2. The number of nitrogens with two attached hydrogens (primary N) is 1. The summed E-state index contributed by atoms with van der Waals surface area (Å²) in [5, 5.41) is 8.40. The van der Waals surface area contributed by atoms with Crippen LogP contribution in [0, 0.1) is 0 Å². The van der Waals surface area contributed by atoms with Gasteiger partial charge in [-0.2, -0.15) is 5.10 Å². The summed E-state index contributed by atoms with van der Waals surface area (Å²) < 4.78 is 0. The lowest BCUT2D eigenvalue weighted by atomic mass is 9.73. The van der Waals surface area contributed by atoms with Crippen LogP contribution in [-0.4, -0.2) is 36.7 Å². The first-order valence-electron chi connectivity index (χ1n) is 11.1. The van der Waals surface area contributed by atoms with Gasteiger partial charge in [0.05, 0.1) is 16.4 Å². The van der Waals surface area contributed by atoms with Gasteiger partial charge in [0, 0.05) is 35.1 Å². The summed E-state index contributed by atoms with van der Waals surface area (Å²) in [4.78, 5) is 17.3. The van der Waals surface area contributed by atoms with Gasteiger partial charge >= 0.3 is 0 Å². The third kappa shape index (κ3) is 3.34. The largest absolute Gasteiger partial charge is 0.337 e. The summed E-state index contributed by atoms with van der Waals surface area (Å²) in [5.74, 6) is 0.741. The Balaban J connectivity index is 1.44. The van der Waals surface area contributed by atoms with E-state index in [2.05, 4.69) is 61.6 Å². The molecule has 5 aromatic rings. The van der Waals surface area contributed by atoms with Gasteiger partial charge < -0.3 is 10.7 Å². The molecule has 4 aromatic heterocycles. The normalized spacial score (nSPS) is 17.8. The van der Waals surface area contributed by atoms with Crippen molar-refractivity contribution in [3.05, 3.63) is 84.9 Å². The maximum Gasteiger partial charge on any atom is 0.181 e. The van der Waals surface area contributed by atoms with Crippen molar-refractivity contribution in [2.45, 2.75) is 18.3 Å². The molecule has 1 aromatic carbocycles. The number of imidazole rings is 1. The molecule has 0 bridgehead atoms. The minimum Gasteiger partial charge on any atom is -0.337 e. The molecule has 0 radical (unpaired) electrons. The molecular weight excluding hydrogens is 410 g/mol. The maximum atomic E-state index is 5.97. The van der Waals surface area contributed by atoms with Crippen LogP contribution in [0.3, 0.4) is 0 Å². The summed E-state index contributed by atoms with van der Waals surface area (Å²) in [6.07, 6.45) is 16.1. The van der Waals surface area contributed by atoms with Gasteiger partial charge in [-0.3, -0.25) is 10.1 Å². The summed E-state index contributed by atoms with van der Waals surface area (Å²) in [5.41, 5.74) is 12.4. The molecule has 0 aliphatic heterocycles. The number of aromatic nitrogens is 6. The average molecular weight is 434 g/mol. The molecule has 162 valence electrons. The van der Waals surface area contributed by atoms with Crippen LogP contribution >= 0.6 is 0 Å². The molecule has 7 heteroatoms. The second-order valence-electron chi connectivity index (χ2n) is 8.44. The number of pyridine rings is 2. The van der Waals surface area contributed by atoms with Crippen molar-refractivity contribution in [3.63, 3.8) is 0 Å². The second kappa shape index (κ2) is 7.79. The molecular formula is C26H23N7. The molecule has 0 saturated heterocycles. The Morgan fingerprint density at radius 3 is 2.79 bits per heavy atom. The van der Waals surface area contributed by atoms with Crippen LogP contribution in [0.5, 0.6) is 0 Å². The van der Waals surface area contributed by atoms with Crippen LogP contribution in [0.25, 0.3) is 44.7 Å². The van der Waals surface area contributed by atoms with Crippen molar-refractivity contribution in [3.8, 4) is 22.6 Å². The van der Waals surface area contributed by atoms with Gasteiger partial charge in [0.1, 0.15) is 5.69 Å². The smallest absolute Gasteiger partial charge is 0.181 e. The highest BCUT2D eigenvalue weighted by atomic mass is 15.2. The molecule has 33 heavy (non-hydrogen) atoms. The zero-order chi connectivity index (χ0) is 22.3. The van der Waals surface area contributed by atoms with Gasteiger partial charge in [0.2, 0.25) is 0 Å². The minimum absolute atomic E-state index is 0.126. The third-order valence-corrected chi connectivity index (χ3v) is 6.42. The van der Waals surface area contributed by atoms with Crippen molar-refractivity contribution in [2.75, 3.05) is 6.54 Å². The zero-order valence-corrected chi connectivity index (χ0v) is 18.0. The lowest BCUT2D eigenvalue weighted by Crippen LogP contribution is -2.27. The fourth-order valence-electron chi connectivity index (χ4n) is 4.65. The molecule has 1 aliphatic carbocycles. The summed E-state index contributed by atoms with van der Waals surface area (Å²) in [7, 11) is 0. The van der Waals surface area contributed by atoms with Gasteiger partial charge in [-0.15, -0.1) is 0 Å². The monoisotopic (exact) mass is 433 g/mol. The zero-order valence-electron chi connectivity index (χ0n) is 18.0. The predicted octanol–water partition coefficient (Wildman–Crippen LogP) is 4.67. The minimum atomic E-state index is -0.126. The first-order chi connectivity index (χ1) is 16.3. The van der Waals surface area contributed by atoms with Gasteiger partial charge in [0.15, 0.2) is 11.5 Å². The molecule has 0 saturated carbocycles. The quantitative estimate of drug-likeness (QED) is 0.373. The van der Waals surface area contributed by atoms with Gasteiger partial charge in [-0.05, 0) is 49.2 Å². The number of allylic oxidation sites excluding steroid dienone is 4. The number of rotatable bonds is 5. The second-order valence-corrected chi connectivity index (χ2v) is 8.44. The van der Waals surface area contributed by atoms with Crippen molar-refractivity contribution in [2.24, 2.45) is 5.73 Å². The lowest BCUT2D eigenvalue weighted by molar-refractivity contribution is 0.498. The van der Waals surface area contributed by atoms with Crippen molar-refractivity contribution in [1.29, 1.82) is 0 Å². The Hall–Kier alpha value is -4.10. The van der Waals surface area contributed by atoms with E-state index in [1.54, 1.807) is 0 Å². The number of para-hydroxylation sites is 2. The molecule has 1 aliphatic rings. The number of nitrogens with one attached hydrogen (secondary N) is 2. The lowest BCUT2D eigenvalue weighted by Gasteiger charge is -2.31. The van der Waals surface area contributed by atoms with Gasteiger partial charge in [-0.25, -0.2) is 9.97 Å². The number of hydrogen-bond acceptors (Lipinski definition) is 5. The van der Waals surface area contributed by atoms with E-state index in [0.717, 1.165) is 57.5 Å². The average Bonchev–Trinajstić information content (AvgIpc) is 3.48. The van der Waals surface area contributed by atoms with E-state index < -0.39 is 0 Å². The highest BCUT2D eigenvalue weighted by Crippen LogP contribution is 2.37. The van der Waals surface area contributed by atoms with Crippen LogP contribution in [0.4, 0.5) is 0 Å². The van der Waals surface area contributed by atoms with Crippen LogP contribution in [0.1, 0.15) is 18.4 Å². The Labute approximate surface area is 190 Å².